The van der Waals surface area contributed by atoms with Crippen LogP contribution < -0.4 is 20.1 Å². The summed E-state index contributed by atoms with van der Waals surface area (Å²) in [5.41, 5.74) is 1.17. The van der Waals surface area contributed by atoms with Crippen molar-refractivity contribution in [2.45, 2.75) is 83.1 Å². The molecule has 0 bridgehead atoms. The second-order valence-corrected chi connectivity index (χ2v) is 10.5. The summed E-state index contributed by atoms with van der Waals surface area (Å²) in [5.74, 6) is 1.49. The van der Waals surface area contributed by atoms with Crippen molar-refractivity contribution in [2.24, 2.45) is 0 Å². The van der Waals surface area contributed by atoms with E-state index in [0.717, 1.165) is 61.0 Å². The molecule has 31 heavy (non-hydrogen) atoms. The van der Waals surface area contributed by atoms with E-state index in [2.05, 4.69) is 49.3 Å². The smallest absolute Gasteiger partial charge is 0.169 e. The maximum atomic E-state index is 5.95. The van der Waals surface area contributed by atoms with E-state index in [4.69, 9.17) is 26.4 Å². The standard InChI is InChI=1S/C24H39N3O3S/c1-23(2)13-18(14-24(3,4)26-23)25-22(31)27(16-19-10-8-12-30-19)15-17-9-7-11-20(28-5)21(17)29-6/h7,9,11,18-19,26H,8,10,12-16H2,1-6H3,(H,25,31). The molecule has 174 valence electrons. The summed E-state index contributed by atoms with van der Waals surface area (Å²) < 4.78 is 17.1. The minimum absolute atomic E-state index is 0.0600. The van der Waals surface area contributed by atoms with Crippen LogP contribution in [0.3, 0.4) is 0 Å². The van der Waals surface area contributed by atoms with E-state index in [0.29, 0.717) is 12.6 Å². The predicted octanol–water partition coefficient (Wildman–Crippen LogP) is 3.87. The molecule has 2 heterocycles. The van der Waals surface area contributed by atoms with E-state index < -0.39 is 0 Å². The molecule has 0 spiro atoms. The highest BCUT2D eigenvalue weighted by Crippen LogP contribution is 2.32. The van der Waals surface area contributed by atoms with E-state index in [-0.39, 0.29) is 17.2 Å². The third-order valence-electron chi connectivity index (χ3n) is 6.10. The van der Waals surface area contributed by atoms with Crippen molar-refractivity contribution in [2.75, 3.05) is 27.4 Å². The van der Waals surface area contributed by atoms with Crippen LogP contribution in [0.25, 0.3) is 0 Å². The normalized spacial score (nSPS) is 22.7. The fourth-order valence-electron chi connectivity index (χ4n) is 5.23. The summed E-state index contributed by atoms with van der Waals surface area (Å²) in [6, 6.07) is 6.30. The highest BCUT2D eigenvalue weighted by Gasteiger charge is 2.38. The van der Waals surface area contributed by atoms with Gasteiger partial charge in [0.1, 0.15) is 0 Å². The van der Waals surface area contributed by atoms with Gasteiger partial charge < -0.3 is 29.7 Å². The zero-order chi connectivity index (χ0) is 22.6. The van der Waals surface area contributed by atoms with Crippen LogP contribution in [-0.2, 0) is 11.3 Å². The van der Waals surface area contributed by atoms with Crippen LogP contribution in [0.5, 0.6) is 11.5 Å². The van der Waals surface area contributed by atoms with Crippen LogP contribution in [0, 0.1) is 0 Å². The molecule has 1 aromatic rings. The van der Waals surface area contributed by atoms with Gasteiger partial charge in [-0.2, -0.15) is 0 Å². The Hall–Kier alpha value is -1.57. The molecule has 0 radical (unpaired) electrons. The second-order valence-electron chi connectivity index (χ2n) is 10.1. The van der Waals surface area contributed by atoms with Crippen molar-refractivity contribution in [3.63, 3.8) is 0 Å². The lowest BCUT2D eigenvalue weighted by molar-refractivity contribution is 0.0885. The van der Waals surface area contributed by atoms with Gasteiger partial charge in [-0.15, -0.1) is 0 Å². The number of hydrogen-bond donors (Lipinski definition) is 2. The number of ether oxygens (including phenoxy) is 3. The van der Waals surface area contributed by atoms with Crippen LogP contribution in [0.1, 0.15) is 58.9 Å². The maximum Gasteiger partial charge on any atom is 0.169 e. The molecule has 0 aromatic heterocycles. The molecular weight excluding hydrogens is 410 g/mol. The molecule has 0 saturated carbocycles. The summed E-state index contributed by atoms with van der Waals surface area (Å²) in [4.78, 5) is 2.23. The number of hydrogen-bond acceptors (Lipinski definition) is 5. The van der Waals surface area contributed by atoms with Gasteiger partial charge in [0.25, 0.3) is 0 Å². The molecule has 1 atom stereocenters. The van der Waals surface area contributed by atoms with Gasteiger partial charge in [0.05, 0.1) is 20.3 Å². The fourth-order valence-corrected chi connectivity index (χ4v) is 5.53. The average molecular weight is 450 g/mol. The quantitative estimate of drug-likeness (QED) is 0.613. The van der Waals surface area contributed by atoms with Gasteiger partial charge in [0, 0.05) is 42.4 Å². The van der Waals surface area contributed by atoms with E-state index >= 15 is 0 Å². The Bertz CT molecular complexity index is 746. The Morgan fingerprint density at radius 3 is 2.48 bits per heavy atom. The Morgan fingerprint density at radius 2 is 1.90 bits per heavy atom. The highest BCUT2D eigenvalue weighted by atomic mass is 32.1. The highest BCUT2D eigenvalue weighted by molar-refractivity contribution is 7.80. The molecular formula is C24H39N3O3S. The van der Waals surface area contributed by atoms with Crippen LogP contribution in [0.15, 0.2) is 18.2 Å². The number of nitrogens with zero attached hydrogens (tertiary/aromatic N) is 1. The van der Waals surface area contributed by atoms with E-state index in [1.54, 1.807) is 14.2 Å². The first-order valence-corrected chi connectivity index (χ1v) is 11.7. The second kappa shape index (κ2) is 9.92. The first-order valence-electron chi connectivity index (χ1n) is 11.3. The lowest BCUT2D eigenvalue weighted by Gasteiger charge is -2.47. The number of piperidine rings is 1. The van der Waals surface area contributed by atoms with Gasteiger partial charge in [-0.3, -0.25) is 0 Å². The molecule has 3 rings (SSSR count). The molecule has 6 nitrogen and oxygen atoms in total. The minimum atomic E-state index is 0.0600. The van der Waals surface area contributed by atoms with Crippen molar-refractivity contribution in [1.29, 1.82) is 0 Å². The third-order valence-corrected chi connectivity index (χ3v) is 6.47. The Labute approximate surface area is 193 Å². The Balaban J connectivity index is 1.78. The molecule has 1 aromatic carbocycles. The first kappa shape index (κ1) is 24.1. The molecule has 2 N–H and O–H groups in total. The van der Waals surface area contributed by atoms with Crippen molar-refractivity contribution in [3.05, 3.63) is 23.8 Å². The molecule has 0 amide bonds. The molecule has 2 fully saturated rings. The minimum Gasteiger partial charge on any atom is -0.493 e. The van der Waals surface area contributed by atoms with Gasteiger partial charge >= 0.3 is 0 Å². The van der Waals surface area contributed by atoms with Crippen LogP contribution in [0.2, 0.25) is 0 Å². The number of rotatable bonds is 7. The van der Waals surface area contributed by atoms with Crippen molar-refractivity contribution < 1.29 is 14.2 Å². The van der Waals surface area contributed by atoms with Crippen LogP contribution in [0.4, 0.5) is 0 Å². The summed E-state index contributed by atoms with van der Waals surface area (Å²) in [5, 5.41) is 8.20. The SMILES string of the molecule is COc1cccc(CN(CC2CCCO2)C(=S)NC2CC(C)(C)NC(C)(C)C2)c1OC. The molecule has 1 unspecified atom stereocenters. The molecule has 2 aliphatic heterocycles. The topological polar surface area (TPSA) is 55.0 Å². The van der Waals surface area contributed by atoms with E-state index in [1.165, 1.54) is 0 Å². The average Bonchev–Trinajstić information content (AvgIpc) is 3.17. The van der Waals surface area contributed by atoms with Gasteiger partial charge in [0.15, 0.2) is 16.6 Å². The van der Waals surface area contributed by atoms with Gasteiger partial charge in [-0.25, -0.2) is 0 Å². The summed E-state index contributed by atoms with van der Waals surface area (Å²) in [6.07, 6.45) is 4.43. The zero-order valence-corrected chi connectivity index (χ0v) is 20.7. The largest absolute Gasteiger partial charge is 0.493 e. The maximum absolute atomic E-state index is 5.95. The van der Waals surface area contributed by atoms with Gasteiger partial charge in [-0.1, -0.05) is 12.1 Å². The summed E-state index contributed by atoms with van der Waals surface area (Å²) in [6.45, 7) is 11.3. The Kier molecular flexibility index (Phi) is 7.71. The van der Waals surface area contributed by atoms with Gasteiger partial charge in [-0.05, 0) is 71.7 Å². The van der Waals surface area contributed by atoms with Crippen LogP contribution in [-0.4, -0.2) is 60.6 Å². The number of thiocarbonyl (C=S) groups is 1. The molecule has 2 aliphatic rings. The number of benzene rings is 1. The lowest BCUT2D eigenvalue weighted by atomic mass is 9.80. The van der Waals surface area contributed by atoms with E-state index in [1.807, 2.05) is 12.1 Å². The summed E-state index contributed by atoms with van der Waals surface area (Å²) in [7, 11) is 3.35. The Morgan fingerprint density at radius 1 is 1.19 bits per heavy atom. The predicted molar refractivity (Wildman–Crippen MR) is 129 cm³/mol. The van der Waals surface area contributed by atoms with Crippen molar-refractivity contribution >= 4 is 17.3 Å². The van der Waals surface area contributed by atoms with E-state index in [9.17, 15) is 0 Å². The first-order chi connectivity index (χ1) is 14.6. The molecule has 2 saturated heterocycles. The summed E-state index contributed by atoms with van der Waals surface area (Å²) >= 11 is 5.95. The molecule has 0 aliphatic carbocycles. The van der Waals surface area contributed by atoms with Crippen molar-refractivity contribution in [3.8, 4) is 11.5 Å². The lowest BCUT2D eigenvalue weighted by Crippen LogP contribution is -2.63. The fraction of sp³-hybridized carbons (Fsp3) is 0.708. The van der Waals surface area contributed by atoms with Gasteiger partial charge in [0.2, 0.25) is 0 Å². The number of nitrogens with one attached hydrogen (secondary N) is 2. The number of para-hydroxylation sites is 1. The molecule has 7 heteroatoms. The van der Waals surface area contributed by atoms with Crippen LogP contribution >= 0.6 is 12.2 Å². The zero-order valence-electron chi connectivity index (χ0n) is 19.9. The van der Waals surface area contributed by atoms with Crippen molar-refractivity contribution in [1.82, 2.24) is 15.5 Å². The number of methoxy groups -OCH3 is 2. The monoisotopic (exact) mass is 449 g/mol. The third kappa shape index (κ3) is 6.46.